The van der Waals surface area contributed by atoms with E-state index in [1.54, 1.807) is 6.07 Å². The number of carbonyl (C=O) groups is 1. The van der Waals surface area contributed by atoms with Gasteiger partial charge in [-0.1, -0.05) is 36.4 Å². The molecule has 4 nitrogen and oxygen atoms in total. The van der Waals surface area contributed by atoms with E-state index in [1.807, 2.05) is 25.1 Å². The zero-order valence-electron chi connectivity index (χ0n) is 14.6. The van der Waals surface area contributed by atoms with Gasteiger partial charge in [-0.2, -0.15) is 0 Å². The average molecular weight is 352 g/mol. The first-order valence-corrected chi connectivity index (χ1v) is 8.85. The number of aromatic nitrogens is 1. The van der Waals surface area contributed by atoms with Crippen LogP contribution in [-0.2, 0) is 22.4 Å². The Morgan fingerprint density at radius 2 is 2.12 bits per heavy atom. The van der Waals surface area contributed by atoms with Crippen LogP contribution < -0.4 is 5.32 Å². The van der Waals surface area contributed by atoms with Gasteiger partial charge in [0.05, 0.1) is 18.5 Å². The Labute approximate surface area is 151 Å². The summed E-state index contributed by atoms with van der Waals surface area (Å²) in [7, 11) is 0. The van der Waals surface area contributed by atoms with Gasteiger partial charge in [0.2, 0.25) is 5.91 Å². The number of hydrogen-bond donors (Lipinski definition) is 2. The molecule has 26 heavy (non-hydrogen) atoms. The molecule has 0 bridgehead atoms. The van der Waals surface area contributed by atoms with E-state index in [0.717, 1.165) is 28.6 Å². The molecule has 1 aliphatic heterocycles. The third kappa shape index (κ3) is 3.10. The zero-order chi connectivity index (χ0) is 18.1. The Balaban J connectivity index is 1.46. The Kier molecular flexibility index (Phi) is 4.47. The van der Waals surface area contributed by atoms with Gasteiger partial charge in [0, 0.05) is 17.6 Å². The van der Waals surface area contributed by atoms with Crippen molar-refractivity contribution in [2.75, 3.05) is 13.2 Å². The molecule has 0 spiro atoms. The van der Waals surface area contributed by atoms with Gasteiger partial charge in [0.1, 0.15) is 11.9 Å². The van der Waals surface area contributed by atoms with Crippen LogP contribution in [0.4, 0.5) is 4.39 Å². The van der Waals surface area contributed by atoms with Gasteiger partial charge in [-0.05, 0) is 36.1 Å². The van der Waals surface area contributed by atoms with E-state index in [1.165, 1.54) is 11.6 Å². The Morgan fingerprint density at radius 3 is 3.00 bits per heavy atom. The second kappa shape index (κ2) is 6.92. The summed E-state index contributed by atoms with van der Waals surface area (Å²) in [6.45, 7) is 2.96. The molecule has 1 amide bonds. The lowest BCUT2D eigenvalue weighted by atomic mass is 9.97. The van der Waals surface area contributed by atoms with Crippen molar-refractivity contribution in [2.45, 2.75) is 25.9 Å². The highest BCUT2D eigenvalue weighted by atomic mass is 19.1. The molecule has 1 atom stereocenters. The minimum atomic E-state index is -0.301. The van der Waals surface area contributed by atoms with E-state index in [9.17, 15) is 9.18 Å². The van der Waals surface area contributed by atoms with Gasteiger partial charge in [-0.3, -0.25) is 4.79 Å². The quantitative estimate of drug-likeness (QED) is 0.754. The fourth-order valence-corrected chi connectivity index (χ4v) is 3.67. The van der Waals surface area contributed by atoms with Crippen LogP contribution in [0.1, 0.15) is 28.5 Å². The monoisotopic (exact) mass is 352 g/mol. The molecule has 1 aliphatic rings. The number of aryl methyl sites for hydroxylation is 1. The van der Waals surface area contributed by atoms with Crippen molar-refractivity contribution >= 4 is 16.8 Å². The van der Waals surface area contributed by atoms with Crippen LogP contribution in [0, 0.1) is 12.7 Å². The largest absolute Gasteiger partial charge is 0.371 e. The van der Waals surface area contributed by atoms with Gasteiger partial charge >= 0.3 is 0 Å². The average Bonchev–Trinajstić information content (AvgIpc) is 2.97. The number of H-pyrrole nitrogens is 1. The normalized spacial score (nSPS) is 16.5. The molecule has 5 heteroatoms. The van der Waals surface area contributed by atoms with Gasteiger partial charge in [-0.25, -0.2) is 4.39 Å². The Bertz CT molecular complexity index is 964. The topological polar surface area (TPSA) is 54.1 Å². The molecule has 0 fully saturated rings. The Morgan fingerprint density at radius 1 is 1.27 bits per heavy atom. The molecule has 3 aromatic rings. The highest BCUT2D eigenvalue weighted by Gasteiger charge is 2.21. The number of amides is 1. The molecule has 2 aromatic carbocycles. The third-order valence-electron chi connectivity index (χ3n) is 5.02. The summed E-state index contributed by atoms with van der Waals surface area (Å²) in [5, 5.41) is 3.73. The Hall–Kier alpha value is -2.66. The number of carbonyl (C=O) groups excluding carboxylic acids is 1. The number of halogens is 1. The molecular formula is C21H21FN2O2. The summed E-state index contributed by atoms with van der Waals surface area (Å²) in [5.74, 6) is -0.394. The molecule has 134 valence electrons. The lowest BCUT2D eigenvalue weighted by Crippen LogP contribution is -2.32. The first kappa shape index (κ1) is 16.8. The number of para-hydroxylation sites is 1. The van der Waals surface area contributed by atoms with Crippen molar-refractivity contribution in [2.24, 2.45) is 0 Å². The first-order valence-electron chi connectivity index (χ1n) is 8.85. The van der Waals surface area contributed by atoms with Crippen LogP contribution in [0.3, 0.4) is 0 Å². The number of hydrogen-bond acceptors (Lipinski definition) is 2. The van der Waals surface area contributed by atoms with Gasteiger partial charge < -0.3 is 15.0 Å². The summed E-state index contributed by atoms with van der Waals surface area (Å²) in [6, 6.07) is 13.1. The summed E-state index contributed by atoms with van der Waals surface area (Å²) < 4.78 is 19.7. The molecule has 1 aromatic heterocycles. The molecule has 0 saturated carbocycles. The van der Waals surface area contributed by atoms with Crippen molar-refractivity contribution in [3.63, 3.8) is 0 Å². The number of benzene rings is 2. The first-order chi connectivity index (χ1) is 12.6. The maximum Gasteiger partial charge on any atom is 0.224 e. The van der Waals surface area contributed by atoms with Crippen molar-refractivity contribution < 1.29 is 13.9 Å². The van der Waals surface area contributed by atoms with E-state index in [2.05, 4.69) is 22.4 Å². The van der Waals surface area contributed by atoms with Crippen molar-refractivity contribution in [3.8, 4) is 0 Å². The van der Waals surface area contributed by atoms with E-state index in [4.69, 9.17) is 4.74 Å². The number of ether oxygens (including phenoxy) is 1. The van der Waals surface area contributed by atoms with Crippen molar-refractivity contribution in [3.05, 3.63) is 70.7 Å². The van der Waals surface area contributed by atoms with Gasteiger partial charge in [0.15, 0.2) is 0 Å². The molecule has 4 rings (SSSR count). The number of nitrogens with one attached hydrogen (secondary N) is 2. The zero-order valence-corrected chi connectivity index (χ0v) is 14.6. The van der Waals surface area contributed by atoms with Crippen LogP contribution in [0.5, 0.6) is 0 Å². The smallest absolute Gasteiger partial charge is 0.224 e. The van der Waals surface area contributed by atoms with Crippen molar-refractivity contribution in [1.82, 2.24) is 10.3 Å². The summed E-state index contributed by atoms with van der Waals surface area (Å²) in [6.07, 6.45) is 0.995. The van der Waals surface area contributed by atoms with Crippen LogP contribution >= 0.6 is 0 Å². The third-order valence-corrected chi connectivity index (χ3v) is 5.02. The maximum atomic E-state index is 13.9. The standard InChI is InChI=1S/C21H21FN2O2/c1-13-17(16-7-4-8-18(22)21(16)24-13)11-20(25)23-12-19-15-6-3-2-5-14(15)9-10-26-19/h2-8,19,24H,9-12H2,1H3,(H,23,25)/t19-/m1/s1. The number of aromatic amines is 1. The summed E-state index contributed by atoms with van der Waals surface area (Å²) >= 11 is 0. The lowest BCUT2D eigenvalue weighted by molar-refractivity contribution is -0.121. The van der Waals surface area contributed by atoms with E-state index in [0.29, 0.717) is 18.7 Å². The van der Waals surface area contributed by atoms with Crippen LogP contribution in [0.15, 0.2) is 42.5 Å². The molecular weight excluding hydrogens is 331 g/mol. The summed E-state index contributed by atoms with van der Waals surface area (Å²) in [4.78, 5) is 15.5. The molecule has 2 heterocycles. The molecule has 0 saturated heterocycles. The second-order valence-corrected chi connectivity index (χ2v) is 6.68. The molecule has 0 radical (unpaired) electrons. The fourth-order valence-electron chi connectivity index (χ4n) is 3.67. The summed E-state index contributed by atoms with van der Waals surface area (Å²) in [5.41, 5.74) is 4.53. The van der Waals surface area contributed by atoms with Gasteiger partial charge in [-0.15, -0.1) is 0 Å². The molecule has 2 N–H and O–H groups in total. The van der Waals surface area contributed by atoms with Crippen molar-refractivity contribution in [1.29, 1.82) is 0 Å². The van der Waals surface area contributed by atoms with Gasteiger partial charge in [0.25, 0.3) is 0 Å². The second-order valence-electron chi connectivity index (χ2n) is 6.68. The molecule has 0 aliphatic carbocycles. The molecule has 0 unspecified atom stereocenters. The minimum Gasteiger partial charge on any atom is -0.371 e. The highest BCUT2D eigenvalue weighted by molar-refractivity contribution is 5.90. The van der Waals surface area contributed by atoms with Crippen LogP contribution in [0.25, 0.3) is 10.9 Å². The predicted molar refractivity (Wildman–Crippen MR) is 98.5 cm³/mol. The predicted octanol–water partition coefficient (Wildman–Crippen LogP) is 3.59. The number of rotatable bonds is 4. The van der Waals surface area contributed by atoms with E-state index in [-0.39, 0.29) is 24.2 Å². The van der Waals surface area contributed by atoms with Crippen LogP contribution in [0.2, 0.25) is 0 Å². The maximum absolute atomic E-state index is 13.9. The van der Waals surface area contributed by atoms with E-state index >= 15 is 0 Å². The lowest BCUT2D eigenvalue weighted by Gasteiger charge is -2.26. The SMILES string of the molecule is Cc1[nH]c2c(F)cccc2c1CC(=O)NC[C@H]1OCCc2ccccc21. The fraction of sp³-hybridized carbons (Fsp3) is 0.286. The minimum absolute atomic E-state index is 0.0927. The van der Waals surface area contributed by atoms with E-state index < -0.39 is 0 Å². The number of fused-ring (bicyclic) bond motifs is 2. The highest BCUT2D eigenvalue weighted by Crippen LogP contribution is 2.27. The van der Waals surface area contributed by atoms with Crippen LogP contribution in [-0.4, -0.2) is 24.0 Å².